The molecule has 0 radical (unpaired) electrons. The highest BCUT2D eigenvalue weighted by Crippen LogP contribution is 2.35. The summed E-state index contributed by atoms with van der Waals surface area (Å²) in [6, 6.07) is 16.6. The number of piperidine rings is 1. The molecule has 124 valence electrons. The number of hydrogen-bond donors (Lipinski definition) is 1. The first-order valence-corrected chi connectivity index (χ1v) is 8.18. The van der Waals surface area contributed by atoms with Gasteiger partial charge >= 0.3 is 5.97 Å². The van der Waals surface area contributed by atoms with Gasteiger partial charge in [0.2, 0.25) is 0 Å². The van der Waals surface area contributed by atoms with Gasteiger partial charge in [-0.1, -0.05) is 37.3 Å². The number of rotatable bonds is 3. The number of amides is 1. The first-order chi connectivity index (χ1) is 11.5. The lowest BCUT2D eigenvalue weighted by atomic mass is 9.74. The number of benzene rings is 2. The van der Waals surface area contributed by atoms with Crippen molar-refractivity contribution in [3.05, 3.63) is 71.3 Å². The molecule has 1 N–H and O–H groups in total. The van der Waals surface area contributed by atoms with Gasteiger partial charge in [-0.2, -0.15) is 0 Å². The van der Waals surface area contributed by atoms with Gasteiger partial charge in [0.1, 0.15) is 0 Å². The molecule has 3 rings (SSSR count). The minimum atomic E-state index is -0.981. The van der Waals surface area contributed by atoms with E-state index >= 15 is 0 Å². The molecule has 0 saturated carbocycles. The molecule has 24 heavy (non-hydrogen) atoms. The second-order valence-corrected chi connectivity index (χ2v) is 6.60. The van der Waals surface area contributed by atoms with Crippen LogP contribution in [0.15, 0.2) is 54.6 Å². The number of carbonyl (C=O) groups excluding carboxylic acids is 1. The molecule has 1 fully saturated rings. The molecule has 1 aliphatic rings. The van der Waals surface area contributed by atoms with Gasteiger partial charge < -0.3 is 10.0 Å². The van der Waals surface area contributed by atoms with Crippen LogP contribution in [0.2, 0.25) is 0 Å². The van der Waals surface area contributed by atoms with E-state index < -0.39 is 5.97 Å². The van der Waals surface area contributed by atoms with Gasteiger partial charge in [-0.25, -0.2) is 4.79 Å². The summed E-state index contributed by atoms with van der Waals surface area (Å²) in [5, 5.41) is 8.93. The van der Waals surface area contributed by atoms with Crippen LogP contribution in [0, 0.1) is 0 Å². The number of aromatic carboxylic acids is 1. The predicted molar refractivity (Wildman–Crippen MR) is 92.3 cm³/mol. The minimum absolute atomic E-state index is 0.0259. The molecular formula is C20H21NO3. The summed E-state index contributed by atoms with van der Waals surface area (Å²) in [4.78, 5) is 25.4. The summed E-state index contributed by atoms with van der Waals surface area (Å²) >= 11 is 0. The van der Waals surface area contributed by atoms with Gasteiger partial charge in [0.25, 0.3) is 5.91 Å². The molecule has 0 unspecified atom stereocenters. The zero-order valence-electron chi connectivity index (χ0n) is 13.7. The molecule has 2 aromatic rings. The zero-order chi connectivity index (χ0) is 17.2. The lowest BCUT2D eigenvalue weighted by Crippen LogP contribution is -2.43. The third-order valence-electron chi connectivity index (χ3n) is 5.00. The topological polar surface area (TPSA) is 57.6 Å². The van der Waals surface area contributed by atoms with Crippen LogP contribution in [0.4, 0.5) is 0 Å². The molecular weight excluding hydrogens is 302 g/mol. The van der Waals surface area contributed by atoms with Crippen LogP contribution in [0.3, 0.4) is 0 Å². The van der Waals surface area contributed by atoms with E-state index in [1.807, 2.05) is 11.0 Å². The van der Waals surface area contributed by atoms with Crippen molar-refractivity contribution in [2.75, 3.05) is 13.1 Å². The van der Waals surface area contributed by atoms with Crippen LogP contribution < -0.4 is 0 Å². The number of carboxylic acids is 1. The molecule has 1 saturated heterocycles. The van der Waals surface area contributed by atoms with E-state index in [4.69, 9.17) is 5.11 Å². The Morgan fingerprint density at radius 1 is 0.917 bits per heavy atom. The standard InChI is InChI=1S/C20H21NO3/c1-20(17-5-3-2-4-6-17)11-13-21(14-12-20)18(22)15-7-9-16(10-8-15)19(23)24/h2-10H,11-14H2,1H3,(H,23,24). The van der Waals surface area contributed by atoms with Crippen molar-refractivity contribution >= 4 is 11.9 Å². The van der Waals surface area contributed by atoms with Crippen molar-refractivity contribution in [1.29, 1.82) is 0 Å². The van der Waals surface area contributed by atoms with Gasteiger partial charge in [-0.15, -0.1) is 0 Å². The number of likely N-dealkylation sites (tertiary alicyclic amines) is 1. The maximum Gasteiger partial charge on any atom is 0.335 e. The maximum absolute atomic E-state index is 12.6. The van der Waals surface area contributed by atoms with Crippen molar-refractivity contribution in [1.82, 2.24) is 4.90 Å². The van der Waals surface area contributed by atoms with Gasteiger partial charge in [-0.3, -0.25) is 4.79 Å². The Labute approximate surface area is 141 Å². The quantitative estimate of drug-likeness (QED) is 0.939. The van der Waals surface area contributed by atoms with Crippen LogP contribution in [-0.2, 0) is 5.41 Å². The summed E-state index contributed by atoms with van der Waals surface area (Å²) in [7, 11) is 0. The van der Waals surface area contributed by atoms with Crippen molar-refractivity contribution in [2.24, 2.45) is 0 Å². The van der Waals surface area contributed by atoms with E-state index in [1.165, 1.54) is 17.7 Å². The number of hydrogen-bond acceptors (Lipinski definition) is 2. The molecule has 0 spiro atoms. The second kappa shape index (κ2) is 6.48. The van der Waals surface area contributed by atoms with Gasteiger partial charge in [0, 0.05) is 18.7 Å². The largest absolute Gasteiger partial charge is 0.478 e. The molecule has 4 heteroatoms. The van der Waals surface area contributed by atoms with E-state index in [2.05, 4.69) is 31.2 Å². The Kier molecular flexibility index (Phi) is 4.38. The van der Waals surface area contributed by atoms with Gasteiger partial charge in [0.15, 0.2) is 0 Å². The second-order valence-electron chi connectivity index (χ2n) is 6.60. The Hall–Kier alpha value is -2.62. The Morgan fingerprint density at radius 3 is 2.00 bits per heavy atom. The molecule has 0 aromatic heterocycles. The first-order valence-electron chi connectivity index (χ1n) is 8.18. The molecule has 1 heterocycles. The Morgan fingerprint density at radius 2 is 1.46 bits per heavy atom. The zero-order valence-corrected chi connectivity index (χ0v) is 13.7. The average molecular weight is 323 g/mol. The highest BCUT2D eigenvalue weighted by Gasteiger charge is 2.33. The summed E-state index contributed by atoms with van der Waals surface area (Å²) in [5.74, 6) is -1.01. The van der Waals surface area contributed by atoms with E-state index in [-0.39, 0.29) is 16.9 Å². The fourth-order valence-electron chi connectivity index (χ4n) is 3.27. The first kappa shape index (κ1) is 16.2. The van der Waals surface area contributed by atoms with Gasteiger partial charge in [0.05, 0.1) is 5.56 Å². The minimum Gasteiger partial charge on any atom is -0.478 e. The number of carboxylic acid groups (broad SMARTS) is 1. The molecule has 2 aromatic carbocycles. The van der Waals surface area contributed by atoms with Crippen molar-refractivity contribution in [3.8, 4) is 0 Å². The van der Waals surface area contributed by atoms with Crippen molar-refractivity contribution in [3.63, 3.8) is 0 Å². The highest BCUT2D eigenvalue weighted by molar-refractivity contribution is 5.96. The maximum atomic E-state index is 12.6. The van der Waals surface area contributed by atoms with Crippen LogP contribution in [-0.4, -0.2) is 35.0 Å². The average Bonchev–Trinajstić information content (AvgIpc) is 2.62. The molecule has 0 atom stereocenters. The van der Waals surface area contributed by atoms with E-state index in [9.17, 15) is 9.59 Å². The Bertz CT molecular complexity index is 729. The van der Waals surface area contributed by atoms with Crippen molar-refractivity contribution in [2.45, 2.75) is 25.2 Å². The van der Waals surface area contributed by atoms with Crippen LogP contribution in [0.5, 0.6) is 0 Å². The SMILES string of the molecule is CC1(c2ccccc2)CCN(C(=O)c2ccc(C(=O)O)cc2)CC1. The summed E-state index contributed by atoms with van der Waals surface area (Å²) in [6.07, 6.45) is 1.85. The van der Waals surface area contributed by atoms with Crippen LogP contribution in [0.1, 0.15) is 46.0 Å². The van der Waals surface area contributed by atoms with Crippen LogP contribution >= 0.6 is 0 Å². The fourth-order valence-corrected chi connectivity index (χ4v) is 3.27. The molecule has 0 bridgehead atoms. The lowest BCUT2D eigenvalue weighted by molar-refractivity contribution is 0.0669. The smallest absolute Gasteiger partial charge is 0.335 e. The summed E-state index contributed by atoms with van der Waals surface area (Å²) in [5.41, 5.74) is 2.17. The predicted octanol–water partition coefficient (Wildman–Crippen LogP) is 3.58. The summed E-state index contributed by atoms with van der Waals surface area (Å²) in [6.45, 7) is 3.68. The van der Waals surface area contributed by atoms with E-state index in [1.54, 1.807) is 12.1 Å². The molecule has 0 aliphatic carbocycles. The molecule has 1 amide bonds. The highest BCUT2D eigenvalue weighted by atomic mass is 16.4. The van der Waals surface area contributed by atoms with E-state index in [0.717, 1.165) is 12.8 Å². The third kappa shape index (κ3) is 3.18. The summed E-state index contributed by atoms with van der Waals surface area (Å²) < 4.78 is 0. The normalized spacial score (nSPS) is 16.6. The van der Waals surface area contributed by atoms with Crippen molar-refractivity contribution < 1.29 is 14.7 Å². The third-order valence-corrected chi connectivity index (χ3v) is 5.00. The van der Waals surface area contributed by atoms with E-state index in [0.29, 0.717) is 18.7 Å². The number of nitrogens with zero attached hydrogens (tertiary/aromatic N) is 1. The molecule has 4 nitrogen and oxygen atoms in total. The van der Waals surface area contributed by atoms with Gasteiger partial charge in [-0.05, 0) is 48.1 Å². The fraction of sp³-hybridized carbons (Fsp3) is 0.300. The number of carbonyl (C=O) groups is 2. The van der Waals surface area contributed by atoms with Crippen LogP contribution in [0.25, 0.3) is 0 Å². The monoisotopic (exact) mass is 323 g/mol. The molecule has 1 aliphatic heterocycles. The lowest BCUT2D eigenvalue weighted by Gasteiger charge is -2.40. The Balaban J connectivity index is 1.68.